The fourth-order valence-corrected chi connectivity index (χ4v) is 2.49. The number of H-pyrrole nitrogens is 1. The smallest absolute Gasteiger partial charge is 0.255 e. The molecule has 7 nitrogen and oxygen atoms in total. The number of rotatable bonds is 6. The average molecular weight is 325 g/mol. The molecule has 0 aliphatic carbocycles. The summed E-state index contributed by atoms with van der Waals surface area (Å²) >= 11 is 0. The molecule has 124 valence electrons. The number of methoxy groups -OCH3 is 1. The van der Waals surface area contributed by atoms with Gasteiger partial charge in [0.25, 0.3) is 5.91 Å². The van der Waals surface area contributed by atoms with Crippen LogP contribution >= 0.6 is 0 Å². The maximum absolute atomic E-state index is 12.4. The van der Waals surface area contributed by atoms with Crippen molar-refractivity contribution in [3.05, 3.63) is 47.8 Å². The number of nitrogens with zero attached hydrogens (tertiary/aromatic N) is 3. The van der Waals surface area contributed by atoms with E-state index in [1.165, 1.54) is 6.33 Å². The highest BCUT2D eigenvalue weighted by molar-refractivity contribution is 5.94. The molecule has 0 atom stereocenters. The third-order valence-electron chi connectivity index (χ3n) is 3.68. The van der Waals surface area contributed by atoms with E-state index in [0.717, 1.165) is 35.3 Å². The van der Waals surface area contributed by atoms with E-state index in [9.17, 15) is 4.79 Å². The number of fused-ring (bicyclic) bond motifs is 1. The van der Waals surface area contributed by atoms with Gasteiger partial charge in [-0.25, -0.2) is 15.0 Å². The number of carbonyl (C=O) groups is 1. The number of aryl methyl sites for hydroxylation is 1. The Balaban J connectivity index is 1.72. The normalized spacial score (nSPS) is 10.8. The van der Waals surface area contributed by atoms with Gasteiger partial charge < -0.3 is 15.0 Å². The Hall–Kier alpha value is -2.96. The highest BCUT2D eigenvalue weighted by Gasteiger charge is 2.13. The van der Waals surface area contributed by atoms with Gasteiger partial charge >= 0.3 is 0 Å². The Morgan fingerprint density at radius 3 is 3.04 bits per heavy atom. The minimum atomic E-state index is -0.197. The van der Waals surface area contributed by atoms with Crippen molar-refractivity contribution in [1.82, 2.24) is 25.3 Å². The Bertz CT molecular complexity index is 859. The average Bonchev–Trinajstić information content (AvgIpc) is 3.02. The van der Waals surface area contributed by atoms with Crippen LogP contribution in [0.5, 0.6) is 5.75 Å². The Morgan fingerprint density at radius 2 is 2.25 bits per heavy atom. The fourth-order valence-electron chi connectivity index (χ4n) is 2.49. The van der Waals surface area contributed by atoms with Crippen molar-refractivity contribution in [3.8, 4) is 5.75 Å². The van der Waals surface area contributed by atoms with Crippen LogP contribution in [0.2, 0.25) is 0 Å². The van der Waals surface area contributed by atoms with Gasteiger partial charge in [-0.15, -0.1) is 0 Å². The van der Waals surface area contributed by atoms with Crippen molar-refractivity contribution in [2.75, 3.05) is 7.11 Å². The number of hydrogen-bond donors (Lipinski definition) is 2. The van der Waals surface area contributed by atoms with E-state index in [1.807, 2.05) is 25.1 Å². The summed E-state index contributed by atoms with van der Waals surface area (Å²) in [6.07, 6.45) is 4.68. The molecule has 0 aliphatic rings. The van der Waals surface area contributed by atoms with E-state index in [0.29, 0.717) is 17.9 Å². The monoisotopic (exact) mass is 325 g/mol. The second-order valence-electron chi connectivity index (χ2n) is 5.38. The number of benzene rings is 1. The first-order valence-corrected chi connectivity index (χ1v) is 7.81. The number of amides is 1. The zero-order valence-corrected chi connectivity index (χ0v) is 13.7. The maximum Gasteiger partial charge on any atom is 0.255 e. The number of hydrogen-bond acceptors (Lipinski definition) is 5. The zero-order valence-electron chi connectivity index (χ0n) is 13.7. The zero-order chi connectivity index (χ0) is 16.9. The van der Waals surface area contributed by atoms with E-state index >= 15 is 0 Å². The standard InChI is InChI=1S/C17H19N5O2/c1-3-4-13-12(8-18-10-20-13)17(23)19-9-16-21-14-6-5-11(24-2)7-15(14)22-16/h5-8,10H,3-4,9H2,1-2H3,(H,19,23)(H,21,22). The minimum Gasteiger partial charge on any atom is -0.497 e. The lowest BCUT2D eigenvalue weighted by Gasteiger charge is -2.07. The summed E-state index contributed by atoms with van der Waals surface area (Å²) in [6.45, 7) is 2.35. The predicted octanol–water partition coefficient (Wildman–Crippen LogP) is 2.24. The van der Waals surface area contributed by atoms with Gasteiger partial charge in [-0.3, -0.25) is 4.79 Å². The molecule has 0 bridgehead atoms. The van der Waals surface area contributed by atoms with Crippen molar-refractivity contribution in [3.63, 3.8) is 0 Å². The molecular weight excluding hydrogens is 306 g/mol. The van der Waals surface area contributed by atoms with Gasteiger partial charge in [0.05, 0.1) is 35.9 Å². The summed E-state index contributed by atoms with van der Waals surface area (Å²) in [5.41, 5.74) is 2.97. The molecular formula is C17H19N5O2. The van der Waals surface area contributed by atoms with E-state index in [4.69, 9.17) is 4.74 Å². The molecule has 2 heterocycles. The van der Waals surface area contributed by atoms with E-state index < -0.39 is 0 Å². The number of nitrogens with one attached hydrogen (secondary N) is 2. The van der Waals surface area contributed by atoms with Crippen molar-refractivity contribution < 1.29 is 9.53 Å². The third kappa shape index (κ3) is 3.34. The van der Waals surface area contributed by atoms with Gasteiger partial charge in [0.2, 0.25) is 0 Å². The lowest BCUT2D eigenvalue weighted by atomic mass is 10.1. The summed E-state index contributed by atoms with van der Waals surface area (Å²) in [6, 6.07) is 5.60. The topological polar surface area (TPSA) is 92.8 Å². The van der Waals surface area contributed by atoms with Crippen LogP contribution in [0.1, 0.15) is 35.2 Å². The van der Waals surface area contributed by atoms with Crippen molar-refractivity contribution in [1.29, 1.82) is 0 Å². The molecule has 24 heavy (non-hydrogen) atoms. The molecule has 0 saturated carbocycles. The van der Waals surface area contributed by atoms with Gasteiger partial charge in [-0.2, -0.15) is 0 Å². The molecule has 2 aromatic heterocycles. The summed E-state index contributed by atoms with van der Waals surface area (Å²) < 4.78 is 5.19. The molecule has 0 radical (unpaired) electrons. The van der Waals surface area contributed by atoms with Crippen LogP contribution in [0.3, 0.4) is 0 Å². The summed E-state index contributed by atoms with van der Waals surface area (Å²) in [5.74, 6) is 1.24. The van der Waals surface area contributed by atoms with Crippen LogP contribution in [0, 0.1) is 0 Å². The number of aromatic amines is 1. The lowest BCUT2D eigenvalue weighted by Crippen LogP contribution is -2.25. The summed E-state index contributed by atoms with van der Waals surface area (Å²) in [7, 11) is 1.62. The van der Waals surface area contributed by atoms with Gasteiger partial charge in [-0.05, 0) is 18.6 Å². The minimum absolute atomic E-state index is 0.197. The van der Waals surface area contributed by atoms with Crippen LogP contribution in [0.15, 0.2) is 30.7 Å². The van der Waals surface area contributed by atoms with Crippen LogP contribution in [0.25, 0.3) is 11.0 Å². The first-order valence-electron chi connectivity index (χ1n) is 7.81. The molecule has 3 rings (SSSR count). The van der Waals surface area contributed by atoms with Crippen molar-refractivity contribution in [2.24, 2.45) is 0 Å². The van der Waals surface area contributed by atoms with Crippen molar-refractivity contribution in [2.45, 2.75) is 26.3 Å². The second kappa shape index (κ2) is 7.08. The van der Waals surface area contributed by atoms with E-state index in [-0.39, 0.29) is 5.91 Å². The summed E-state index contributed by atoms with van der Waals surface area (Å²) in [4.78, 5) is 28.1. The number of ether oxygens (including phenoxy) is 1. The van der Waals surface area contributed by atoms with Gasteiger partial charge in [0.1, 0.15) is 17.9 Å². The number of aromatic nitrogens is 4. The highest BCUT2D eigenvalue weighted by Crippen LogP contribution is 2.18. The number of carbonyl (C=O) groups excluding carboxylic acids is 1. The van der Waals surface area contributed by atoms with E-state index in [1.54, 1.807) is 13.3 Å². The van der Waals surface area contributed by atoms with Crippen LogP contribution in [-0.2, 0) is 13.0 Å². The molecule has 1 aromatic carbocycles. The third-order valence-corrected chi connectivity index (χ3v) is 3.68. The van der Waals surface area contributed by atoms with Gasteiger partial charge in [-0.1, -0.05) is 13.3 Å². The lowest BCUT2D eigenvalue weighted by molar-refractivity contribution is 0.0948. The molecule has 0 saturated heterocycles. The first-order chi connectivity index (χ1) is 11.7. The number of imidazole rings is 1. The van der Waals surface area contributed by atoms with Crippen LogP contribution in [0.4, 0.5) is 0 Å². The van der Waals surface area contributed by atoms with Crippen LogP contribution in [-0.4, -0.2) is 33.0 Å². The molecule has 7 heteroatoms. The van der Waals surface area contributed by atoms with E-state index in [2.05, 4.69) is 25.3 Å². The Labute approximate surface area is 139 Å². The molecule has 0 aliphatic heterocycles. The largest absolute Gasteiger partial charge is 0.497 e. The van der Waals surface area contributed by atoms with Crippen LogP contribution < -0.4 is 10.1 Å². The van der Waals surface area contributed by atoms with Gasteiger partial charge in [0, 0.05) is 12.3 Å². The Kier molecular flexibility index (Phi) is 4.69. The molecule has 0 unspecified atom stereocenters. The summed E-state index contributed by atoms with van der Waals surface area (Å²) in [5, 5.41) is 2.86. The molecule has 0 fully saturated rings. The predicted molar refractivity (Wildman–Crippen MR) is 89.8 cm³/mol. The Morgan fingerprint density at radius 1 is 1.38 bits per heavy atom. The molecule has 2 N–H and O–H groups in total. The molecule has 0 spiro atoms. The van der Waals surface area contributed by atoms with Gasteiger partial charge in [0.15, 0.2) is 0 Å². The quantitative estimate of drug-likeness (QED) is 0.725. The first kappa shape index (κ1) is 15.9. The SMILES string of the molecule is CCCc1ncncc1C(=O)NCc1nc2ccc(OC)cc2[nH]1. The molecule has 3 aromatic rings. The second-order valence-corrected chi connectivity index (χ2v) is 5.38. The molecule has 1 amide bonds. The highest BCUT2D eigenvalue weighted by atomic mass is 16.5. The maximum atomic E-state index is 12.4. The fraction of sp³-hybridized carbons (Fsp3) is 0.294. The van der Waals surface area contributed by atoms with Crippen molar-refractivity contribution >= 4 is 16.9 Å².